The molecule has 0 saturated heterocycles. The molecule has 64 valence electrons. The highest BCUT2D eigenvalue weighted by molar-refractivity contribution is 5.78. The molecule has 11 heavy (non-hydrogen) atoms. The Morgan fingerprint density at radius 2 is 2.27 bits per heavy atom. The van der Waals surface area contributed by atoms with Crippen LogP contribution in [0.3, 0.4) is 0 Å². The van der Waals surface area contributed by atoms with E-state index in [1.54, 1.807) is 0 Å². The standard InChI is InChI=1S/C6H8F2O3/c1-11-5(10)4-3(2-9)6(4,7)8/h3-4,9H,2H2,1H3/t3-,4+/m1/s1. The third-order valence-electron chi connectivity index (χ3n) is 1.85. The molecule has 0 radical (unpaired) electrons. The van der Waals surface area contributed by atoms with Crippen molar-refractivity contribution < 1.29 is 23.4 Å². The first-order chi connectivity index (χ1) is 5.05. The molecule has 5 heteroatoms. The Bertz CT molecular complexity index is 181. The molecular weight excluding hydrogens is 158 g/mol. The number of halogens is 2. The zero-order valence-corrected chi connectivity index (χ0v) is 5.88. The van der Waals surface area contributed by atoms with E-state index >= 15 is 0 Å². The minimum absolute atomic E-state index is 0.674. The highest BCUT2D eigenvalue weighted by atomic mass is 19.3. The van der Waals surface area contributed by atoms with Gasteiger partial charge < -0.3 is 9.84 Å². The minimum atomic E-state index is -3.07. The number of rotatable bonds is 2. The fraction of sp³-hybridized carbons (Fsp3) is 0.833. The van der Waals surface area contributed by atoms with Gasteiger partial charge in [0.2, 0.25) is 0 Å². The molecular formula is C6H8F2O3. The van der Waals surface area contributed by atoms with Crippen LogP contribution >= 0.6 is 0 Å². The molecule has 1 aliphatic carbocycles. The summed E-state index contributed by atoms with van der Waals surface area (Å²) < 4.78 is 29.0. The summed E-state index contributed by atoms with van der Waals surface area (Å²) in [5.41, 5.74) is 0. The monoisotopic (exact) mass is 166 g/mol. The quantitative estimate of drug-likeness (QED) is 0.589. The van der Waals surface area contributed by atoms with Crippen molar-refractivity contribution in [2.45, 2.75) is 5.92 Å². The van der Waals surface area contributed by atoms with E-state index in [-0.39, 0.29) is 0 Å². The fourth-order valence-electron chi connectivity index (χ4n) is 1.07. The fourth-order valence-corrected chi connectivity index (χ4v) is 1.07. The van der Waals surface area contributed by atoms with E-state index in [0.717, 1.165) is 7.11 Å². The Hall–Kier alpha value is -0.710. The summed E-state index contributed by atoms with van der Waals surface area (Å²) in [6, 6.07) is 0. The van der Waals surface area contributed by atoms with Crippen LogP contribution in [0.15, 0.2) is 0 Å². The lowest BCUT2D eigenvalue weighted by atomic mass is 10.3. The maximum Gasteiger partial charge on any atom is 0.315 e. The number of methoxy groups -OCH3 is 1. The van der Waals surface area contributed by atoms with E-state index < -0.39 is 30.3 Å². The average Bonchev–Trinajstić information content (AvgIpc) is 2.51. The third-order valence-corrected chi connectivity index (χ3v) is 1.85. The molecule has 0 bridgehead atoms. The van der Waals surface area contributed by atoms with E-state index in [9.17, 15) is 13.6 Å². The van der Waals surface area contributed by atoms with E-state index in [4.69, 9.17) is 5.11 Å². The summed E-state index contributed by atoms with van der Waals surface area (Å²) in [6.07, 6.45) is 0. The van der Waals surface area contributed by atoms with Crippen LogP contribution in [-0.2, 0) is 9.53 Å². The number of aliphatic hydroxyl groups is 1. The van der Waals surface area contributed by atoms with Gasteiger partial charge >= 0.3 is 5.97 Å². The number of ether oxygens (including phenoxy) is 1. The minimum Gasteiger partial charge on any atom is -0.469 e. The van der Waals surface area contributed by atoms with Gasteiger partial charge in [-0.2, -0.15) is 0 Å². The lowest BCUT2D eigenvalue weighted by molar-refractivity contribution is -0.144. The van der Waals surface area contributed by atoms with Gasteiger partial charge in [0.1, 0.15) is 5.92 Å². The molecule has 1 saturated carbocycles. The zero-order chi connectivity index (χ0) is 8.65. The Morgan fingerprint density at radius 1 is 1.73 bits per heavy atom. The van der Waals surface area contributed by atoms with Crippen LogP contribution in [-0.4, -0.2) is 30.7 Å². The predicted molar refractivity (Wildman–Crippen MR) is 31.0 cm³/mol. The van der Waals surface area contributed by atoms with E-state index in [2.05, 4.69) is 4.74 Å². The number of hydrogen-bond donors (Lipinski definition) is 1. The van der Waals surface area contributed by atoms with Gasteiger partial charge in [-0.15, -0.1) is 0 Å². The van der Waals surface area contributed by atoms with Crippen molar-refractivity contribution in [3.8, 4) is 0 Å². The highest BCUT2D eigenvalue weighted by Crippen LogP contribution is 2.55. The molecule has 1 N–H and O–H groups in total. The Kier molecular flexibility index (Phi) is 1.83. The number of aliphatic hydroxyl groups excluding tert-OH is 1. The van der Waals surface area contributed by atoms with Gasteiger partial charge in [0, 0.05) is 0 Å². The lowest BCUT2D eigenvalue weighted by Gasteiger charge is -1.93. The third kappa shape index (κ3) is 1.09. The summed E-state index contributed by atoms with van der Waals surface area (Å²) in [5, 5.41) is 8.37. The number of hydrogen-bond acceptors (Lipinski definition) is 3. The van der Waals surface area contributed by atoms with Gasteiger partial charge in [0.05, 0.1) is 19.6 Å². The Morgan fingerprint density at radius 3 is 2.55 bits per heavy atom. The van der Waals surface area contributed by atoms with Crippen LogP contribution in [0.1, 0.15) is 0 Å². The molecule has 0 aliphatic heterocycles. The Labute approximate surface area is 62.0 Å². The van der Waals surface area contributed by atoms with Crippen molar-refractivity contribution in [2.24, 2.45) is 11.8 Å². The summed E-state index contributed by atoms with van der Waals surface area (Å²) in [4.78, 5) is 10.5. The van der Waals surface area contributed by atoms with Gasteiger partial charge in [0.15, 0.2) is 0 Å². The first kappa shape index (κ1) is 8.39. The molecule has 0 aromatic rings. The summed E-state index contributed by atoms with van der Waals surface area (Å²) in [5.74, 6) is -6.69. The van der Waals surface area contributed by atoms with Gasteiger partial charge in [-0.3, -0.25) is 4.79 Å². The van der Waals surface area contributed by atoms with Crippen molar-refractivity contribution in [3.05, 3.63) is 0 Å². The second-order valence-corrected chi connectivity index (χ2v) is 2.46. The maximum absolute atomic E-state index is 12.4. The van der Waals surface area contributed by atoms with Crippen LogP contribution in [0.2, 0.25) is 0 Å². The predicted octanol–water partition coefficient (Wildman–Crippen LogP) is 0.0330. The van der Waals surface area contributed by atoms with Gasteiger partial charge in [-0.25, -0.2) is 8.78 Å². The lowest BCUT2D eigenvalue weighted by Crippen LogP contribution is -2.08. The highest BCUT2D eigenvalue weighted by Gasteiger charge is 2.72. The van der Waals surface area contributed by atoms with Gasteiger partial charge in [-0.05, 0) is 0 Å². The van der Waals surface area contributed by atoms with Crippen molar-refractivity contribution in [1.29, 1.82) is 0 Å². The first-order valence-electron chi connectivity index (χ1n) is 3.12. The topological polar surface area (TPSA) is 46.5 Å². The molecule has 0 spiro atoms. The second-order valence-electron chi connectivity index (χ2n) is 2.46. The van der Waals surface area contributed by atoms with Gasteiger partial charge in [0.25, 0.3) is 5.92 Å². The van der Waals surface area contributed by atoms with Crippen molar-refractivity contribution in [3.63, 3.8) is 0 Å². The van der Waals surface area contributed by atoms with Crippen LogP contribution in [0, 0.1) is 11.8 Å². The van der Waals surface area contributed by atoms with Crippen LogP contribution < -0.4 is 0 Å². The summed E-state index contributed by atoms with van der Waals surface area (Å²) in [7, 11) is 1.05. The molecule has 0 amide bonds. The van der Waals surface area contributed by atoms with Crippen molar-refractivity contribution >= 4 is 5.97 Å². The van der Waals surface area contributed by atoms with E-state index in [1.165, 1.54) is 0 Å². The van der Waals surface area contributed by atoms with Crippen LogP contribution in [0.4, 0.5) is 8.78 Å². The SMILES string of the molecule is COC(=O)[C@@H]1[C@@H](CO)C1(F)F. The van der Waals surface area contributed by atoms with Gasteiger partial charge in [-0.1, -0.05) is 0 Å². The molecule has 1 rings (SSSR count). The largest absolute Gasteiger partial charge is 0.469 e. The smallest absolute Gasteiger partial charge is 0.315 e. The number of carbonyl (C=O) groups excluding carboxylic acids is 1. The zero-order valence-electron chi connectivity index (χ0n) is 5.88. The molecule has 3 nitrogen and oxygen atoms in total. The van der Waals surface area contributed by atoms with Crippen molar-refractivity contribution in [1.82, 2.24) is 0 Å². The number of alkyl halides is 2. The first-order valence-corrected chi connectivity index (χ1v) is 3.12. The molecule has 0 aromatic heterocycles. The number of carbonyl (C=O) groups is 1. The van der Waals surface area contributed by atoms with E-state index in [0.29, 0.717) is 0 Å². The Balaban J connectivity index is 2.58. The second kappa shape index (κ2) is 2.41. The molecule has 1 aliphatic rings. The maximum atomic E-state index is 12.4. The van der Waals surface area contributed by atoms with Crippen LogP contribution in [0.25, 0.3) is 0 Å². The molecule has 2 atom stereocenters. The molecule has 1 fully saturated rings. The molecule has 0 aromatic carbocycles. The average molecular weight is 166 g/mol. The normalized spacial score (nSPS) is 33.1. The van der Waals surface area contributed by atoms with Crippen LogP contribution in [0.5, 0.6) is 0 Å². The number of esters is 1. The van der Waals surface area contributed by atoms with Crippen molar-refractivity contribution in [2.75, 3.05) is 13.7 Å². The molecule has 0 unspecified atom stereocenters. The van der Waals surface area contributed by atoms with E-state index in [1.807, 2.05) is 0 Å². The molecule has 0 heterocycles. The summed E-state index contributed by atoms with van der Waals surface area (Å²) >= 11 is 0. The summed E-state index contributed by atoms with van der Waals surface area (Å²) in [6.45, 7) is -0.674.